The maximum absolute atomic E-state index is 13.4. The second kappa shape index (κ2) is 12.6. The third kappa shape index (κ3) is 7.16. The monoisotopic (exact) mass is 579 g/mol. The molecule has 0 spiro atoms. The van der Waals surface area contributed by atoms with Crippen LogP contribution in [-0.2, 0) is 14.3 Å². The summed E-state index contributed by atoms with van der Waals surface area (Å²) in [5.41, 5.74) is 1.56. The molecule has 11 heteroatoms. The van der Waals surface area contributed by atoms with Crippen LogP contribution in [0.1, 0.15) is 58.9 Å². The lowest BCUT2D eigenvalue weighted by molar-refractivity contribution is -0.121. The van der Waals surface area contributed by atoms with Crippen molar-refractivity contribution in [1.29, 1.82) is 5.26 Å². The van der Waals surface area contributed by atoms with E-state index in [0.29, 0.717) is 58.4 Å². The average molecular weight is 580 g/mol. The molecule has 1 saturated heterocycles. The minimum Gasteiger partial charge on any atom is -0.448 e. The lowest BCUT2D eigenvalue weighted by atomic mass is 9.97. The molecule has 216 valence electrons. The molecule has 2 heterocycles. The van der Waals surface area contributed by atoms with Crippen molar-refractivity contribution >= 4 is 46.4 Å². The molecule has 1 fully saturated rings. The van der Waals surface area contributed by atoms with Gasteiger partial charge in [0.2, 0.25) is 5.91 Å². The number of unbranched alkanes of at least 4 members (excludes halogenated alkanes) is 1. The van der Waals surface area contributed by atoms with Crippen LogP contribution in [-0.4, -0.2) is 58.1 Å². The van der Waals surface area contributed by atoms with Gasteiger partial charge < -0.3 is 19.7 Å². The van der Waals surface area contributed by atoms with Gasteiger partial charge in [0.15, 0.2) is 5.82 Å². The molecule has 2 amide bonds. The normalized spacial score (nSPS) is 15.3. The molecule has 1 aliphatic heterocycles. The lowest BCUT2D eigenvalue weighted by Gasteiger charge is -2.33. The number of nitrogens with zero attached hydrogens (tertiary/aromatic N) is 4. The molecule has 0 bridgehead atoms. The molecule has 1 aromatic heterocycles. The van der Waals surface area contributed by atoms with E-state index >= 15 is 0 Å². The lowest BCUT2D eigenvalue weighted by Crippen LogP contribution is -2.45. The Morgan fingerprint density at radius 3 is 2.66 bits per heavy atom. The van der Waals surface area contributed by atoms with Crippen molar-refractivity contribution in [1.82, 2.24) is 14.7 Å². The fraction of sp³-hybridized carbons (Fsp3) is 0.433. The Morgan fingerprint density at radius 2 is 1.95 bits per heavy atom. The number of anilines is 1. The molecule has 2 aromatic carbocycles. The van der Waals surface area contributed by atoms with Gasteiger partial charge in [0.25, 0.3) is 0 Å². The molecule has 10 nitrogen and oxygen atoms in total. The standard InChI is InChI=1S/C30H34ClN5O5/c1-5-6-14-40-29(39)36-25-12-10-20(22-15-19(17-32)9-11-24(22)31)16-23(25)26(34-36)33-27(37)21-8-7-13-35(18-21)28(38)41-30(2,3)4/h9-12,15-16,21H,5-8,13-14,18H2,1-4H3,(H,33,34,37). The number of carbonyl (C=O) groups is 3. The molecule has 1 unspecified atom stereocenters. The third-order valence-corrected chi connectivity index (χ3v) is 7.00. The third-order valence-electron chi connectivity index (χ3n) is 6.67. The number of fused-ring (bicyclic) bond motifs is 1. The quantitative estimate of drug-likeness (QED) is 0.326. The number of likely N-dealkylation sites (tertiary alicyclic amines) is 1. The van der Waals surface area contributed by atoms with Crippen LogP contribution in [0.3, 0.4) is 0 Å². The number of rotatable bonds is 6. The zero-order valence-corrected chi connectivity index (χ0v) is 24.5. The van der Waals surface area contributed by atoms with Crippen molar-refractivity contribution in [3.63, 3.8) is 0 Å². The molecule has 0 aliphatic carbocycles. The summed E-state index contributed by atoms with van der Waals surface area (Å²) in [6, 6.07) is 12.3. The predicted octanol–water partition coefficient (Wildman–Crippen LogP) is 6.60. The molecule has 4 rings (SSSR count). The summed E-state index contributed by atoms with van der Waals surface area (Å²) < 4.78 is 12.0. The molecule has 0 saturated carbocycles. The van der Waals surface area contributed by atoms with Crippen LogP contribution < -0.4 is 5.32 Å². The number of halogens is 1. The number of hydrogen-bond donors (Lipinski definition) is 1. The van der Waals surface area contributed by atoms with Crippen LogP contribution in [0.2, 0.25) is 5.02 Å². The zero-order chi connectivity index (χ0) is 29.7. The first-order valence-electron chi connectivity index (χ1n) is 13.7. The number of ether oxygens (including phenoxy) is 2. The topological polar surface area (TPSA) is 127 Å². The van der Waals surface area contributed by atoms with Crippen molar-refractivity contribution in [2.75, 3.05) is 25.0 Å². The van der Waals surface area contributed by atoms with E-state index in [2.05, 4.69) is 16.5 Å². The fourth-order valence-corrected chi connectivity index (χ4v) is 4.83. The minimum atomic E-state index is -0.657. The van der Waals surface area contributed by atoms with E-state index in [1.54, 1.807) is 62.1 Å². The van der Waals surface area contributed by atoms with E-state index in [0.717, 1.165) is 11.1 Å². The summed E-state index contributed by atoms with van der Waals surface area (Å²) in [5, 5.41) is 17.6. The summed E-state index contributed by atoms with van der Waals surface area (Å²) in [6.45, 7) is 8.35. The Morgan fingerprint density at radius 1 is 1.17 bits per heavy atom. The van der Waals surface area contributed by atoms with E-state index in [-0.39, 0.29) is 24.9 Å². The number of hydrogen-bond acceptors (Lipinski definition) is 7. The Hall–Kier alpha value is -4.10. The van der Waals surface area contributed by atoms with Crippen LogP contribution in [0, 0.1) is 17.2 Å². The Labute approximate surface area is 244 Å². The van der Waals surface area contributed by atoms with Gasteiger partial charge in [-0.15, -0.1) is 5.10 Å². The van der Waals surface area contributed by atoms with Gasteiger partial charge in [0.1, 0.15) is 5.60 Å². The van der Waals surface area contributed by atoms with Gasteiger partial charge in [-0.25, -0.2) is 9.59 Å². The van der Waals surface area contributed by atoms with E-state index in [1.165, 1.54) is 0 Å². The van der Waals surface area contributed by atoms with Crippen LogP contribution >= 0.6 is 11.6 Å². The van der Waals surface area contributed by atoms with Crippen molar-refractivity contribution in [3.8, 4) is 17.2 Å². The van der Waals surface area contributed by atoms with Crippen LogP contribution in [0.4, 0.5) is 15.4 Å². The summed E-state index contributed by atoms with van der Waals surface area (Å²) >= 11 is 6.45. The second-order valence-electron chi connectivity index (χ2n) is 11.0. The minimum absolute atomic E-state index is 0.182. The number of aromatic nitrogens is 2. The smallest absolute Gasteiger partial charge is 0.435 e. The average Bonchev–Trinajstić information content (AvgIpc) is 3.30. The molecule has 3 aromatic rings. The number of nitriles is 1. The van der Waals surface area contributed by atoms with Crippen LogP contribution in [0.25, 0.3) is 22.0 Å². The Bertz CT molecular complexity index is 1500. The summed E-state index contributed by atoms with van der Waals surface area (Å²) in [5.74, 6) is -0.627. The largest absolute Gasteiger partial charge is 0.448 e. The molecule has 0 radical (unpaired) electrons. The van der Waals surface area contributed by atoms with Crippen LogP contribution in [0.5, 0.6) is 0 Å². The number of benzene rings is 2. The highest BCUT2D eigenvalue weighted by Crippen LogP contribution is 2.34. The van der Waals surface area contributed by atoms with Gasteiger partial charge in [0, 0.05) is 29.1 Å². The molecular formula is C30H34ClN5O5. The Balaban J connectivity index is 1.66. The maximum Gasteiger partial charge on any atom is 0.435 e. The molecular weight excluding hydrogens is 546 g/mol. The highest BCUT2D eigenvalue weighted by atomic mass is 35.5. The SMILES string of the molecule is CCCCOC(=O)n1nc(NC(=O)C2CCCN(C(=O)OC(C)(C)C)C2)c2cc(-c3cc(C#N)ccc3Cl)ccc21. The second-order valence-corrected chi connectivity index (χ2v) is 11.4. The zero-order valence-electron chi connectivity index (χ0n) is 23.7. The first-order valence-corrected chi connectivity index (χ1v) is 14.1. The highest BCUT2D eigenvalue weighted by Gasteiger charge is 2.32. The van der Waals surface area contributed by atoms with Gasteiger partial charge in [-0.1, -0.05) is 31.0 Å². The number of amides is 2. The highest BCUT2D eigenvalue weighted by molar-refractivity contribution is 6.33. The number of nitrogens with one attached hydrogen (secondary N) is 1. The molecule has 1 N–H and O–H groups in total. The first kappa shape index (κ1) is 29.9. The number of piperidine rings is 1. The van der Waals surface area contributed by atoms with E-state index in [9.17, 15) is 19.6 Å². The van der Waals surface area contributed by atoms with Crippen molar-refractivity contribution in [2.45, 2.75) is 59.0 Å². The predicted molar refractivity (Wildman–Crippen MR) is 156 cm³/mol. The van der Waals surface area contributed by atoms with Gasteiger partial charge >= 0.3 is 12.2 Å². The first-order chi connectivity index (χ1) is 19.5. The summed E-state index contributed by atoms with van der Waals surface area (Å²) in [4.78, 5) is 40.5. The summed E-state index contributed by atoms with van der Waals surface area (Å²) in [6.07, 6.45) is 1.69. The molecule has 1 aliphatic rings. The Kier molecular flexibility index (Phi) is 9.18. The van der Waals surface area contributed by atoms with Crippen molar-refractivity contribution in [3.05, 3.63) is 47.0 Å². The van der Waals surface area contributed by atoms with Gasteiger partial charge in [-0.05, 0) is 75.9 Å². The molecule has 1 atom stereocenters. The van der Waals surface area contributed by atoms with Gasteiger partial charge in [-0.2, -0.15) is 9.94 Å². The maximum atomic E-state index is 13.4. The molecule has 41 heavy (non-hydrogen) atoms. The van der Waals surface area contributed by atoms with E-state index in [1.807, 2.05) is 6.92 Å². The van der Waals surface area contributed by atoms with Crippen LogP contribution in [0.15, 0.2) is 36.4 Å². The summed E-state index contributed by atoms with van der Waals surface area (Å²) in [7, 11) is 0. The van der Waals surface area contributed by atoms with E-state index in [4.69, 9.17) is 21.1 Å². The fourth-order valence-electron chi connectivity index (χ4n) is 4.60. The number of carbonyl (C=O) groups excluding carboxylic acids is 3. The van der Waals surface area contributed by atoms with Gasteiger partial charge in [0.05, 0.1) is 29.7 Å². The van der Waals surface area contributed by atoms with E-state index < -0.39 is 23.7 Å². The van der Waals surface area contributed by atoms with Crippen molar-refractivity contribution in [2.24, 2.45) is 5.92 Å². The van der Waals surface area contributed by atoms with Crippen molar-refractivity contribution < 1.29 is 23.9 Å². The van der Waals surface area contributed by atoms with Gasteiger partial charge in [-0.3, -0.25) is 4.79 Å².